The van der Waals surface area contributed by atoms with Gasteiger partial charge in [0, 0.05) is 0 Å². The van der Waals surface area contributed by atoms with E-state index in [1.807, 2.05) is 27.7 Å². The summed E-state index contributed by atoms with van der Waals surface area (Å²) in [6, 6.07) is 0. The number of ether oxygens (including phenoxy) is 5. The van der Waals surface area contributed by atoms with Gasteiger partial charge in [0.25, 0.3) is 0 Å². The lowest BCUT2D eigenvalue weighted by atomic mass is 9.91. The van der Waals surface area contributed by atoms with Crippen LogP contribution in [0.25, 0.3) is 0 Å². The lowest BCUT2D eigenvalue weighted by Gasteiger charge is -2.35. The molecule has 0 saturated heterocycles. The third kappa shape index (κ3) is 9.66. The van der Waals surface area contributed by atoms with Gasteiger partial charge in [0.15, 0.2) is 6.10 Å². The summed E-state index contributed by atoms with van der Waals surface area (Å²) >= 11 is 0. The van der Waals surface area contributed by atoms with Gasteiger partial charge >= 0.3 is 18.5 Å². The van der Waals surface area contributed by atoms with Crippen molar-refractivity contribution in [2.75, 3.05) is 13.2 Å². The lowest BCUT2D eigenvalue weighted by molar-refractivity contribution is -0.123. The zero-order chi connectivity index (χ0) is 21.1. The average Bonchev–Trinajstić information content (AvgIpc) is 2.56. The molecule has 0 aliphatic heterocycles. The van der Waals surface area contributed by atoms with Gasteiger partial charge < -0.3 is 28.8 Å². The first-order valence-electron chi connectivity index (χ1n) is 9.75. The summed E-state index contributed by atoms with van der Waals surface area (Å²) < 4.78 is 25.4. The zero-order valence-corrected chi connectivity index (χ0v) is 17.0. The molecule has 0 aromatic rings. The standard InChI is InChI=1S/C19H32O9/c1-12(2)8-10-24-18(22)27-15-7-5-6-14(26-17(20)21)16(15)28-19(23)25-11-9-13(3)4/h12-16H,5-11H2,1-4H3,(H,20,21). The van der Waals surface area contributed by atoms with Crippen LogP contribution in [0.3, 0.4) is 0 Å². The van der Waals surface area contributed by atoms with Crippen LogP contribution in [0.15, 0.2) is 0 Å². The number of carbonyl (C=O) groups excluding carboxylic acids is 2. The molecule has 0 aromatic heterocycles. The van der Waals surface area contributed by atoms with Crippen molar-refractivity contribution < 1.29 is 43.2 Å². The van der Waals surface area contributed by atoms with Crippen molar-refractivity contribution in [3.63, 3.8) is 0 Å². The summed E-state index contributed by atoms with van der Waals surface area (Å²) in [5.74, 6) is 0.717. The fourth-order valence-corrected chi connectivity index (χ4v) is 2.68. The van der Waals surface area contributed by atoms with E-state index in [-0.39, 0.29) is 13.2 Å². The summed E-state index contributed by atoms with van der Waals surface area (Å²) in [6.07, 6.45) is -3.60. The second kappa shape index (κ2) is 12.3. The highest BCUT2D eigenvalue weighted by molar-refractivity contribution is 5.62. The van der Waals surface area contributed by atoms with Crippen LogP contribution < -0.4 is 0 Å². The maximum absolute atomic E-state index is 12.0. The van der Waals surface area contributed by atoms with Crippen LogP contribution in [-0.4, -0.2) is 55.1 Å². The predicted octanol–water partition coefficient (Wildman–Crippen LogP) is 4.37. The van der Waals surface area contributed by atoms with Crippen LogP contribution in [0.4, 0.5) is 14.4 Å². The summed E-state index contributed by atoms with van der Waals surface area (Å²) in [5, 5.41) is 8.93. The monoisotopic (exact) mass is 404 g/mol. The third-order valence-electron chi connectivity index (χ3n) is 4.27. The Bertz CT molecular complexity index is 504. The predicted molar refractivity (Wildman–Crippen MR) is 98.1 cm³/mol. The van der Waals surface area contributed by atoms with E-state index in [4.69, 9.17) is 28.8 Å². The lowest BCUT2D eigenvalue weighted by Crippen LogP contribution is -2.48. The van der Waals surface area contributed by atoms with E-state index in [1.165, 1.54) is 0 Å². The van der Waals surface area contributed by atoms with Crippen molar-refractivity contribution in [1.82, 2.24) is 0 Å². The molecule has 0 bridgehead atoms. The summed E-state index contributed by atoms with van der Waals surface area (Å²) in [7, 11) is 0. The molecular weight excluding hydrogens is 372 g/mol. The molecule has 0 amide bonds. The summed E-state index contributed by atoms with van der Waals surface area (Å²) in [5.41, 5.74) is 0. The Hall–Kier alpha value is -2.19. The maximum atomic E-state index is 12.0. The molecule has 1 fully saturated rings. The largest absolute Gasteiger partial charge is 0.508 e. The minimum Gasteiger partial charge on any atom is -0.450 e. The minimum atomic E-state index is -1.49. The number of hydrogen-bond donors (Lipinski definition) is 1. The van der Waals surface area contributed by atoms with Gasteiger partial charge in [-0.2, -0.15) is 0 Å². The molecule has 0 spiro atoms. The molecule has 1 saturated carbocycles. The first kappa shape index (κ1) is 23.8. The van der Waals surface area contributed by atoms with E-state index in [2.05, 4.69) is 0 Å². The van der Waals surface area contributed by atoms with Crippen molar-refractivity contribution in [3.8, 4) is 0 Å². The molecule has 1 aliphatic carbocycles. The van der Waals surface area contributed by atoms with Gasteiger partial charge in [0.1, 0.15) is 12.2 Å². The number of carbonyl (C=O) groups is 3. The van der Waals surface area contributed by atoms with Gasteiger partial charge in [-0.25, -0.2) is 14.4 Å². The van der Waals surface area contributed by atoms with Crippen molar-refractivity contribution in [3.05, 3.63) is 0 Å². The number of carboxylic acid groups (broad SMARTS) is 1. The van der Waals surface area contributed by atoms with Gasteiger partial charge in [-0.05, 0) is 43.9 Å². The zero-order valence-electron chi connectivity index (χ0n) is 17.0. The smallest absolute Gasteiger partial charge is 0.450 e. The molecule has 0 heterocycles. The van der Waals surface area contributed by atoms with Crippen molar-refractivity contribution in [1.29, 1.82) is 0 Å². The van der Waals surface area contributed by atoms with E-state index < -0.39 is 36.8 Å². The molecule has 3 unspecified atom stereocenters. The fraction of sp³-hybridized carbons (Fsp3) is 0.842. The summed E-state index contributed by atoms with van der Waals surface area (Å²) in [4.78, 5) is 34.9. The quantitative estimate of drug-likeness (QED) is 0.441. The normalized spacial score (nSPS) is 21.9. The molecule has 0 aromatic carbocycles. The highest BCUT2D eigenvalue weighted by atomic mass is 16.8. The SMILES string of the molecule is CC(C)CCOC(=O)OC1CCCC(OC(=O)O)C1OC(=O)OCCC(C)C. The molecule has 1 N–H and O–H groups in total. The van der Waals surface area contributed by atoms with E-state index in [9.17, 15) is 14.4 Å². The van der Waals surface area contributed by atoms with Gasteiger partial charge in [-0.3, -0.25) is 0 Å². The van der Waals surface area contributed by atoms with Crippen molar-refractivity contribution >= 4 is 18.5 Å². The van der Waals surface area contributed by atoms with Crippen molar-refractivity contribution in [2.45, 2.75) is 78.1 Å². The highest BCUT2D eigenvalue weighted by Crippen LogP contribution is 2.28. The second-order valence-electron chi connectivity index (χ2n) is 7.65. The molecule has 162 valence electrons. The van der Waals surface area contributed by atoms with Gasteiger partial charge in [0.05, 0.1) is 13.2 Å². The molecular formula is C19H32O9. The Balaban J connectivity index is 2.67. The molecule has 9 heteroatoms. The van der Waals surface area contributed by atoms with Crippen LogP contribution in [0.5, 0.6) is 0 Å². The molecule has 28 heavy (non-hydrogen) atoms. The minimum absolute atomic E-state index is 0.177. The van der Waals surface area contributed by atoms with E-state index in [0.29, 0.717) is 43.9 Å². The fourth-order valence-electron chi connectivity index (χ4n) is 2.68. The average molecular weight is 404 g/mol. The van der Waals surface area contributed by atoms with Crippen molar-refractivity contribution in [2.24, 2.45) is 11.8 Å². The van der Waals surface area contributed by atoms with E-state index in [1.54, 1.807) is 0 Å². The Morgan fingerprint density at radius 2 is 1.29 bits per heavy atom. The van der Waals surface area contributed by atoms with Gasteiger partial charge in [-0.1, -0.05) is 27.7 Å². The first-order valence-corrected chi connectivity index (χ1v) is 9.75. The summed E-state index contributed by atoms with van der Waals surface area (Å²) in [6.45, 7) is 8.36. The van der Waals surface area contributed by atoms with Crippen LogP contribution in [0.1, 0.15) is 59.8 Å². The van der Waals surface area contributed by atoms with Crippen LogP contribution in [0.2, 0.25) is 0 Å². The van der Waals surface area contributed by atoms with E-state index >= 15 is 0 Å². The third-order valence-corrected chi connectivity index (χ3v) is 4.27. The highest BCUT2D eigenvalue weighted by Gasteiger charge is 2.42. The maximum Gasteiger partial charge on any atom is 0.508 e. The number of hydrogen-bond acceptors (Lipinski definition) is 8. The molecule has 3 atom stereocenters. The Labute approximate surface area is 165 Å². The molecule has 1 rings (SSSR count). The van der Waals surface area contributed by atoms with Crippen LogP contribution in [-0.2, 0) is 23.7 Å². The van der Waals surface area contributed by atoms with Gasteiger partial charge in [0.2, 0.25) is 0 Å². The molecule has 0 radical (unpaired) electrons. The Morgan fingerprint density at radius 1 is 0.821 bits per heavy atom. The van der Waals surface area contributed by atoms with Crippen LogP contribution in [0, 0.1) is 11.8 Å². The molecule has 1 aliphatic rings. The topological polar surface area (TPSA) is 118 Å². The second-order valence-corrected chi connectivity index (χ2v) is 7.65. The molecule has 9 nitrogen and oxygen atoms in total. The first-order chi connectivity index (χ1) is 13.2. The van der Waals surface area contributed by atoms with Gasteiger partial charge in [-0.15, -0.1) is 0 Å². The van der Waals surface area contributed by atoms with Crippen LogP contribution >= 0.6 is 0 Å². The number of rotatable bonds is 9. The van der Waals surface area contributed by atoms with E-state index in [0.717, 1.165) is 0 Å². The Kier molecular flexibility index (Phi) is 10.5. The Morgan fingerprint density at radius 3 is 1.75 bits per heavy atom.